The Kier molecular flexibility index (Phi) is 6.35. The van der Waals surface area contributed by atoms with E-state index in [9.17, 15) is 15.0 Å². The molecule has 0 aromatic carbocycles. The maximum Gasteiger partial charge on any atom is 0.306 e. The molecule has 1 aliphatic rings. The molecule has 7 nitrogen and oxygen atoms in total. The van der Waals surface area contributed by atoms with E-state index < -0.39 is 36.7 Å². The number of carbonyl (C=O) groups is 1. The number of rotatable bonds is 6. The minimum absolute atomic E-state index is 0.227. The molecule has 5 atom stereocenters. The molecule has 1 fully saturated rings. The van der Waals surface area contributed by atoms with Crippen LogP contribution in [0.15, 0.2) is 0 Å². The summed E-state index contributed by atoms with van der Waals surface area (Å²) < 4.78 is 16.3. The fourth-order valence-electron chi connectivity index (χ4n) is 2.11. The van der Waals surface area contributed by atoms with Gasteiger partial charge in [0.25, 0.3) is 0 Å². The van der Waals surface area contributed by atoms with E-state index in [0.29, 0.717) is 0 Å². The van der Waals surface area contributed by atoms with Gasteiger partial charge in [-0.3, -0.25) is 4.79 Å². The molecule has 0 aliphatic carbocycles. The zero-order valence-electron chi connectivity index (χ0n) is 12.2. The monoisotopic (exact) mass is 292 g/mol. The maximum atomic E-state index is 10.9. The summed E-state index contributed by atoms with van der Waals surface area (Å²) in [6.45, 7) is 7.03. The molecule has 0 aromatic rings. The molecular weight excluding hydrogens is 268 g/mol. The van der Waals surface area contributed by atoms with Crippen molar-refractivity contribution in [2.24, 2.45) is 0 Å². The lowest BCUT2D eigenvalue weighted by Crippen LogP contribution is -2.60. The van der Waals surface area contributed by atoms with Gasteiger partial charge in [0.05, 0.1) is 18.6 Å². The Labute approximate surface area is 118 Å². The summed E-state index contributed by atoms with van der Waals surface area (Å²) in [6, 6.07) is 0. The van der Waals surface area contributed by atoms with Gasteiger partial charge in [-0.05, 0) is 27.7 Å². The van der Waals surface area contributed by atoms with Crippen molar-refractivity contribution in [1.29, 1.82) is 0 Å². The van der Waals surface area contributed by atoms with Crippen LogP contribution in [0.5, 0.6) is 0 Å². The minimum Gasteiger partial charge on any atom is -0.481 e. The van der Waals surface area contributed by atoms with E-state index in [4.69, 9.17) is 19.3 Å². The Morgan fingerprint density at radius 3 is 2.10 bits per heavy atom. The van der Waals surface area contributed by atoms with Crippen LogP contribution in [0, 0.1) is 0 Å². The van der Waals surface area contributed by atoms with Crippen molar-refractivity contribution in [2.45, 2.75) is 77.0 Å². The molecule has 1 aliphatic heterocycles. The van der Waals surface area contributed by atoms with Crippen LogP contribution in [0.25, 0.3) is 0 Å². The number of aliphatic carboxylic acids is 1. The standard InChI is InChI=1S/C13H24O7/c1-6(2)18-12-8(5-9(14)15)20-13(19-7(3)4)11(17)10(12)16/h6-8,10-13,16-17H,5H2,1-4H3,(H,14,15). The van der Waals surface area contributed by atoms with Crippen LogP contribution in [0.4, 0.5) is 0 Å². The highest BCUT2D eigenvalue weighted by Crippen LogP contribution is 2.27. The first-order valence-corrected chi connectivity index (χ1v) is 6.76. The molecule has 1 saturated heterocycles. The van der Waals surface area contributed by atoms with E-state index >= 15 is 0 Å². The van der Waals surface area contributed by atoms with Crippen LogP contribution in [-0.2, 0) is 19.0 Å². The largest absolute Gasteiger partial charge is 0.481 e. The summed E-state index contributed by atoms with van der Waals surface area (Å²) in [5.74, 6) is -1.07. The van der Waals surface area contributed by atoms with E-state index in [2.05, 4.69) is 0 Å². The highest BCUT2D eigenvalue weighted by molar-refractivity contribution is 5.67. The highest BCUT2D eigenvalue weighted by Gasteiger charge is 2.47. The molecule has 0 spiro atoms. The normalized spacial score (nSPS) is 34.7. The highest BCUT2D eigenvalue weighted by atomic mass is 16.7. The van der Waals surface area contributed by atoms with Gasteiger partial charge in [-0.25, -0.2) is 0 Å². The van der Waals surface area contributed by atoms with Crippen molar-refractivity contribution in [1.82, 2.24) is 0 Å². The van der Waals surface area contributed by atoms with Gasteiger partial charge in [0, 0.05) is 0 Å². The Hall–Kier alpha value is -0.730. The summed E-state index contributed by atoms with van der Waals surface area (Å²) in [5.41, 5.74) is 0. The molecule has 0 amide bonds. The minimum atomic E-state index is -1.29. The third-order valence-electron chi connectivity index (χ3n) is 2.85. The van der Waals surface area contributed by atoms with E-state index in [0.717, 1.165) is 0 Å². The number of carboxylic acid groups (broad SMARTS) is 1. The van der Waals surface area contributed by atoms with Crippen LogP contribution < -0.4 is 0 Å². The molecule has 118 valence electrons. The van der Waals surface area contributed by atoms with Crippen molar-refractivity contribution in [3.8, 4) is 0 Å². The third kappa shape index (κ3) is 4.68. The van der Waals surface area contributed by atoms with Crippen LogP contribution in [0.1, 0.15) is 34.1 Å². The predicted octanol–water partition coefficient (Wildman–Crippen LogP) is 0.126. The molecule has 0 bridgehead atoms. The second-order valence-electron chi connectivity index (χ2n) is 5.46. The van der Waals surface area contributed by atoms with Gasteiger partial charge in [-0.2, -0.15) is 0 Å². The topological polar surface area (TPSA) is 105 Å². The smallest absolute Gasteiger partial charge is 0.306 e. The number of aliphatic hydroxyl groups excluding tert-OH is 2. The quantitative estimate of drug-likeness (QED) is 0.639. The summed E-state index contributed by atoms with van der Waals surface area (Å²) in [6.07, 6.45) is -6.20. The second kappa shape index (κ2) is 7.33. The molecule has 7 heteroatoms. The Balaban J connectivity index is 2.85. The Morgan fingerprint density at radius 1 is 1.10 bits per heavy atom. The Morgan fingerprint density at radius 2 is 1.65 bits per heavy atom. The number of carboxylic acids is 1. The van der Waals surface area contributed by atoms with Crippen LogP contribution in [0.3, 0.4) is 0 Å². The van der Waals surface area contributed by atoms with Crippen molar-refractivity contribution in [3.05, 3.63) is 0 Å². The van der Waals surface area contributed by atoms with Crippen LogP contribution in [-0.4, -0.2) is 64.2 Å². The first-order chi connectivity index (χ1) is 9.22. The number of aliphatic hydroxyl groups is 2. The molecule has 0 aromatic heterocycles. The third-order valence-corrected chi connectivity index (χ3v) is 2.85. The first kappa shape index (κ1) is 17.3. The van der Waals surface area contributed by atoms with E-state index in [1.54, 1.807) is 27.7 Å². The van der Waals surface area contributed by atoms with Crippen molar-refractivity contribution in [3.63, 3.8) is 0 Å². The summed E-state index contributed by atoms with van der Waals surface area (Å²) in [5, 5.41) is 29.0. The van der Waals surface area contributed by atoms with E-state index in [1.807, 2.05) is 0 Å². The second-order valence-corrected chi connectivity index (χ2v) is 5.46. The zero-order valence-corrected chi connectivity index (χ0v) is 12.2. The van der Waals surface area contributed by atoms with Crippen molar-refractivity contribution in [2.75, 3.05) is 0 Å². The molecule has 0 radical (unpaired) electrons. The van der Waals surface area contributed by atoms with Gasteiger partial charge in [0.2, 0.25) is 0 Å². The molecule has 3 N–H and O–H groups in total. The Bertz CT molecular complexity index is 318. The predicted molar refractivity (Wildman–Crippen MR) is 69.2 cm³/mol. The molecule has 5 unspecified atom stereocenters. The first-order valence-electron chi connectivity index (χ1n) is 6.76. The van der Waals surface area contributed by atoms with Gasteiger partial charge in [-0.15, -0.1) is 0 Å². The zero-order chi connectivity index (χ0) is 15.4. The van der Waals surface area contributed by atoms with Crippen LogP contribution >= 0.6 is 0 Å². The number of ether oxygens (including phenoxy) is 3. The fraction of sp³-hybridized carbons (Fsp3) is 0.923. The number of hydrogen-bond acceptors (Lipinski definition) is 6. The molecule has 20 heavy (non-hydrogen) atoms. The van der Waals surface area contributed by atoms with Gasteiger partial charge in [-0.1, -0.05) is 0 Å². The molecule has 1 rings (SSSR count). The van der Waals surface area contributed by atoms with Crippen LogP contribution in [0.2, 0.25) is 0 Å². The van der Waals surface area contributed by atoms with Gasteiger partial charge in [0.1, 0.15) is 24.4 Å². The number of hydrogen-bond donors (Lipinski definition) is 3. The lowest BCUT2D eigenvalue weighted by atomic mass is 9.96. The summed E-state index contributed by atoms with van der Waals surface area (Å²) >= 11 is 0. The average Bonchev–Trinajstić information content (AvgIpc) is 2.29. The lowest BCUT2D eigenvalue weighted by Gasteiger charge is -2.43. The molecule has 0 saturated carbocycles. The maximum absolute atomic E-state index is 10.9. The summed E-state index contributed by atoms with van der Waals surface area (Å²) in [7, 11) is 0. The SMILES string of the molecule is CC(C)OC1OC(CC(=O)O)C(OC(C)C)C(O)C1O. The average molecular weight is 292 g/mol. The van der Waals surface area contributed by atoms with E-state index in [1.165, 1.54) is 0 Å². The fourth-order valence-corrected chi connectivity index (χ4v) is 2.11. The molecule has 1 heterocycles. The van der Waals surface area contributed by atoms with E-state index in [-0.39, 0.29) is 18.6 Å². The van der Waals surface area contributed by atoms with Crippen molar-refractivity contribution < 1.29 is 34.3 Å². The van der Waals surface area contributed by atoms with Gasteiger partial charge < -0.3 is 29.5 Å². The summed E-state index contributed by atoms with van der Waals surface area (Å²) in [4.78, 5) is 10.9. The molecular formula is C13H24O7. The van der Waals surface area contributed by atoms with Gasteiger partial charge in [0.15, 0.2) is 6.29 Å². The lowest BCUT2D eigenvalue weighted by molar-refractivity contribution is -0.314. The van der Waals surface area contributed by atoms with Crippen molar-refractivity contribution >= 4 is 5.97 Å². The van der Waals surface area contributed by atoms with Gasteiger partial charge >= 0.3 is 5.97 Å².